The van der Waals surface area contributed by atoms with Crippen molar-refractivity contribution in [3.8, 4) is 0 Å². The molecule has 0 rings (SSSR count). The average molecular weight is 144 g/mol. The van der Waals surface area contributed by atoms with Crippen LogP contribution in [-0.2, 0) is 0 Å². The summed E-state index contributed by atoms with van der Waals surface area (Å²) in [7, 11) is 0. The topological polar surface area (TPSA) is 20.2 Å². The van der Waals surface area contributed by atoms with Crippen LogP contribution in [0.2, 0.25) is 0 Å². The minimum Gasteiger partial charge on any atom is -0.396 e. The number of aliphatic hydroxyl groups excluding tert-OH is 1. The summed E-state index contributed by atoms with van der Waals surface area (Å²) >= 11 is 0. The summed E-state index contributed by atoms with van der Waals surface area (Å²) in [6.45, 7) is 8.95. The third kappa shape index (κ3) is 4.80. The van der Waals surface area contributed by atoms with Crippen molar-refractivity contribution in [1.82, 2.24) is 0 Å². The minimum atomic E-state index is 0.129. The lowest BCUT2D eigenvalue weighted by atomic mass is 9.86. The Morgan fingerprint density at radius 1 is 1.30 bits per heavy atom. The van der Waals surface area contributed by atoms with E-state index in [9.17, 15) is 0 Å². The first-order chi connectivity index (χ1) is 4.48. The predicted octanol–water partition coefficient (Wildman–Crippen LogP) is 2.44. The van der Waals surface area contributed by atoms with E-state index in [2.05, 4.69) is 27.7 Å². The fraction of sp³-hybridized carbons (Fsp3) is 1.00. The molecule has 0 aromatic rings. The summed E-state index contributed by atoms with van der Waals surface area (Å²) in [5.74, 6) is 0.755. The highest BCUT2D eigenvalue weighted by molar-refractivity contribution is 4.67. The number of rotatable bonds is 4. The van der Waals surface area contributed by atoms with E-state index in [0.29, 0.717) is 6.61 Å². The van der Waals surface area contributed by atoms with Crippen LogP contribution in [0.15, 0.2) is 0 Å². The zero-order chi connectivity index (χ0) is 8.20. The van der Waals surface area contributed by atoms with Gasteiger partial charge in [0.2, 0.25) is 0 Å². The number of aliphatic hydroxyl groups is 1. The van der Waals surface area contributed by atoms with Crippen LogP contribution in [0, 0.1) is 11.3 Å². The molecule has 0 radical (unpaired) electrons. The fourth-order valence-corrected chi connectivity index (χ4v) is 0.758. The van der Waals surface area contributed by atoms with E-state index in [1.54, 1.807) is 0 Å². The van der Waals surface area contributed by atoms with E-state index in [1.807, 2.05) is 0 Å². The van der Waals surface area contributed by atoms with Gasteiger partial charge in [0.25, 0.3) is 0 Å². The molecule has 1 N–H and O–H groups in total. The molecular weight excluding hydrogens is 124 g/mol. The Bertz CT molecular complexity index is 84.7. The van der Waals surface area contributed by atoms with E-state index in [4.69, 9.17) is 5.11 Å². The van der Waals surface area contributed by atoms with E-state index in [1.165, 1.54) is 6.42 Å². The van der Waals surface area contributed by atoms with Gasteiger partial charge >= 0.3 is 0 Å². The Balaban J connectivity index is 3.46. The molecule has 0 aliphatic heterocycles. The van der Waals surface area contributed by atoms with E-state index in [0.717, 1.165) is 12.3 Å². The summed E-state index contributed by atoms with van der Waals surface area (Å²) in [6.07, 6.45) is 2.34. The Morgan fingerprint density at radius 2 is 1.80 bits per heavy atom. The van der Waals surface area contributed by atoms with Crippen molar-refractivity contribution in [3.63, 3.8) is 0 Å². The van der Waals surface area contributed by atoms with Gasteiger partial charge in [0, 0.05) is 6.61 Å². The molecule has 0 bridgehead atoms. The molecular formula is C9H20O. The van der Waals surface area contributed by atoms with Gasteiger partial charge in [-0.2, -0.15) is 0 Å². The van der Waals surface area contributed by atoms with E-state index in [-0.39, 0.29) is 5.41 Å². The normalized spacial score (nSPS) is 12.6. The van der Waals surface area contributed by atoms with Crippen molar-refractivity contribution in [3.05, 3.63) is 0 Å². The zero-order valence-corrected chi connectivity index (χ0v) is 7.65. The summed E-state index contributed by atoms with van der Waals surface area (Å²) in [5.41, 5.74) is 0.129. The summed E-state index contributed by atoms with van der Waals surface area (Å²) < 4.78 is 0. The standard InChI is InChI=1S/C9H20O/c1-8(2)5-6-9(3,4)7-10/h8,10H,5-7H2,1-4H3. The molecule has 0 fully saturated rings. The molecule has 0 atom stereocenters. The van der Waals surface area contributed by atoms with Crippen molar-refractivity contribution >= 4 is 0 Å². The molecule has 0 saturated heterocycles. The van der Waals surface area contributed by atoms with Crippen LogP contribution in [0.4, 0.5) is 0 Å². The Hall–Kier alpha value is -0.0400. The van der Waals surface area contributed by atoms with E-state index < -0.39 is 0 Å². The van der Waals surface area contributed by atoms with Gasteiger partial charge in [-0.25, -0.2) is 0 Å². The first kappa shape index (κ1) is 9.96. The molecule has 1 nitrogen and oxygen atoms in total. The van der Waals surface area contributed by atoms with Crippen LogP contribution in [0.3, 0.4) is 0 Å². The van der Waals surface area contributed by atoms with Gasteiger partial charge in [0.15, 0.2) is 0 Å². The molecule has 1 heteroatoms. The zero-order valence-electron chi connectivity index (χ0n) is 7.65. The smallest absolute Gasteiger partial charge is 0.0482 e. The lowest BCUT2D eigenvalue weighted by Crippen LogP contribution is -2.17. The highest BCUT2D eigenvalue weighted by Crippen LogP contribution is 2.23. The second kappa shape index (κ2) is 3.97. The fourth-order valence-electron chi connectivity index (χ4n) is 0.758. The largest absolute Gasteiger partial charge is 0.396 e. The van der Waals surface area contributed by atoms with Crippen LogP contribution < -0.4 is 0 Å². The van der Waals surface area contributed by atoms with Gasteiger partial charge in [-0.1, -0.05) is 34.1 Å². The third-order valence-corrected chi connectivity index (χ3v) is 1.83. The second-order valence-corrected chi connectivity index (χ2v) is 4.25. The highest BCUT2D eigenvalue weighted by atomic mass is 16.3. The highest BCUT2D eigenvalue weighted by Gasteiger charge is 2.15. The van der Waals surface area contributed by atoms with Crippen molar-refractivity contribution in [2.24, 2.45) is 11.3 Å². The summed E-state index contributed by atoms with van der Waals surface area (Å²) in [4.78, 5) is 0. The molecule has 0 aromatic carbocycles. The molecule has 0 heterocycles. The Morgan fingerprint density at radius 3 is 2.10 bits per heavy atom. The molecule has 62 valence electrons. The van der Waals surface area contributed by atoms with Crippen molar-refractivity contribution in [2.45, 2.75) is 40.5 Å². The maximum absolute atomic E-state index is 8.91. The lowest BCUT2D eigenvalue weighted by Gasteiger charge is -2.22. The van der Waals surface area contributed by atoms with Crippen LogP contribution in [-0.4, -0.2) is 11.7 Å². The van der Waals surface area contributed by atoms with Crippen molar-refractivity contribution in [1.29, 1.82) is 0 Å². The molecule has 10 heavy (non-hydrogen) atoms. The van der Waals surface area contributed by atoms with Crippen LogP contribution in [0.1, 0.15) is 40.5 Å². The second-order valence-electron chi connectivity index (χ2n) is 4.25. The molecule has 0 aliphatic carbocycles. The van der Waals surface area contributed by atoms with Crippen LogP contribution in [0.5, 0.6) is 0 Å². The lowest BCUT2D eigenvalue weighted by molar-refractivity contribution is 0.143. The Kier molecular flexibility index (Phi) is 3.95. The quantitative estimate of drug-likeness (QED) is 0.642. The predicted molar refractivity (Wildman–Crippen MR) is 44.9 cm³/mol. The van der Waals surface area contributed by atoms with E-state index >= 15 is 0 Å². The molecule has 0 spiro atoms. The molecule has 0 saturated carbocycles. The monoisotopic (exact) mass is 144 g/mol. The molecule has 0 aromatic heterocycles. The van der Waals surface area contributed by atoms with Crippen molar-refractivity contribution < 1.29 is 5.11 Å². The molecule has 0 unspecified atom stereocenters. The number of hydrogen-bond donors (Lipinski definition) is 1. The van der Waals surface area contributed by atoms with Gasteiger partial charge < -0.3 is 5.11 Å². The van der Waals surface area contributed by atoms with Gasteiger partial charge in [-0.15, -0.1) is 0 Å². The Labute approximate surface area is 64.5 Å². The third-order valence-electron chi connectivity index (χ3n) is 1.83. The van der Waals surface area contributed by atoms with Gasteiger partial charge in [0.05, 0.1) is 0 Å². The van der Waals surface area contributed by atoms with Gasteiger partial charge in [-0.3, -0.25) is 0 Å². The minimum absolute atomic E-state index is 0.129. The van der Waals surface area contributed by atoms with Crippen molar-refractivity contribution in [2.75, 3.05) is 6.61 Å². The van der Waals surface area contributed by atoms with Crippen LogP contribution in [0.25, 0.3) is 0 Å². The average Bonchev–Trinajstić information content (AvgIpc) is 1.85. The van der Waals surface area contributed by atoms with Crippen LogP contribution >= 0.6 is 0 Å². The first-order valence-corrected chi connectivity index (χ1v) is 4.09. The van der Waals surface area contributed by atoms with Gasteiger partial charge in [0.1, 0.15) is 0 Å². The molecule has 0 aliphatic rings. The molecule has 0 amide bonds. The number of hydrogen-bond acceptors (Lipinski definition) is 1. The first-order valence-electron chi connectivity index (χ1n) is 4.09. The van der Waals surface area contributed by atoms with Gasteiger partial charge in [-0.05, 0) is 17.8 Å². The maximum atomic E-state index is 8.91. The summed E-state index contributed by atoms with van der Waals surface area (Å²) in [6, 6.07) is 0. The maximum Gasteiger partial charge on any atom is 0.0482 e. The SMILES string of the molecule is CC(C)CCC(C)(C)CO. The summed E-state index contributed by atoms with van der Waals surface area (Å²) in [5, 5.41) is 8.91.